The summed E-state index contributed by atoms with van der Waals surface area (Å²) in [6, 6.07) is 11.3. The van der Waals surface area contributed by atoms with Crippen molar-refractivity contribution in [3.05, 3.63) is 71.3 Å². The SMILES string of the molecule is O=C(COC(=O)c1ccc(C(F)(F)F)cc1)NC(=O)c1ccccc1. The molecule has 0 aromatic heterocycles. The number of hydrogen-bond acceptors (Lipinski definition) is 4. The Balaban J connectivity index is 1.87. The molecule has 2 aromatic rings. The van der Waals surface area contributed by atoms with Gasteiger partial charge in [-0.2, -0.15) is 13.2 Å². The lowest BCUT2D eigenvalue weighted by molar-refractivity contribution is -0.137. The van der Waals surface area contributed by atoms with E-state index in [9.17, 15) is 27.6 Å². The van der Waals surface area contributed by atoms with E-state index in [1.807, 2.05) is 5.32 Å². The Labute approximate surface area is 140 Å². The van der Waals surface area contributed by atoms with Gasteiger partial charge in [0.05, 0.1) is 11.1 Å². The van der Waals surface area contributed by atoms with Gasteiger partial charge in [0.25, 0.3) is 11.8 Å². The monoisotopic (exact) mass is 351 g/mol. The van der Waals surface area contributed by atoms with Gasteiger partial charge in [0.1, 0.15) is 0 Å². The number of rotatable bonds is 4. The number of benzene rings is 2. The van der Waals surface area contributed by atoms with E-state index < -0.39 is 36.1 Å². The summed E-state index contributed by atoms with van der Waals surface area (Å²) in [6.07, 6.45) is -4.51. The minimum Gasteiger partial charge on any atom is -0.452 e. The van der Waals surface area contributed by atoms with Crippen LogP contribution in [0.1, 0.15) is 26.3 Å². The Morgan fingerprint density at radius 2 is 1.48 bits per heavy atom. The number of carbonyl (C=O) groups is 3. The highest BCUT2D eigenvalue weighted by atomic mass is 19.4. The number of halogens is 3. The number of esters is 1. The van der Waals surface area contributed by atoms with Gasteiger partial charge in [-0.05, 0) is 36.4 Å². The van der Waals surface area contributed by atoms with E-state index in [-0.39, 0.29) is 11.1 Å². The van der Waals surface area contributed by atoms with Crippen molar-refractivity contribution in [3.8, 4) is 0 Å². The number of alkyl halides is 3. The fourth-order valence-electron chi connectivity index (χ4n) is 1.83. The Kier molecular flexibility index (Phi) is 5.53. The maximum atomic E-state index is 12.4. The first-order valence-corrected chi connectivity index (χ1v) is 7.01. The summed E-state index contributed by atoms with van der Waals surface area (Å²) in [5, 5.41) is 2.03. The van der Waals surface area contributed by atoms with Crippen LogP contribution in [0.15, 0.2) is 54.6 Å². The van der Waals surface area contributed by atoms with Crippen LogP contribution in [0, 0.1) is 0 Å². The molecule has 0 saturated heterocycles. The molecule has 2 rings (SSSR count). The largest absolute Gasteiger partial charge is 0.452 e. The van der Waals surface area contributed by atoms with Crippen LogP contribution in [0.5, 0.6) is 0 Å². The molecule has 2 amide bonds. The van der Waals surface area contributed by atoms with Crippen molar-refractivity contribution >= 4 is 17.8 Å². The van der Waals surface area contributed by atoms with Crippen LogP contribution < -0.4 is 5.32 Å². The standard InChI is InChI=1S/C17H12F3NO4/c18-17(19,20)13-8-6-12(7-9-13)16(24)25-10-14(22)21-15(23)11-4-2-1-3-5-11/h1-9H,10H2,(H,21,22,23). The molecule has 2 aromatic carbocycles. The van der Waals surface area contributed by atoms with Gasteiger partial charge < -0.3 is 4.74 Å². The number of hydrogen-bond donors (Lipinski definition) is 1. The molecule has 8 heteroatoms. The number of imide groups is 1. The molecule has 0 aliphatic carbocycles. The highest BCUT2D eigenvalue weighted by molar-refractivity contribution is 6.05. The third kappa shape index (κ3) is 5.17. The van der Waals surface area contributed by atoms with E-state index in [0.29, 0.717) is 0 Å². The second-order valence-corrected chi connectivity index (χ2v) is 4.89. The predicted octanol–water partition coefficient (Wildman–Crippen LogP) is 2.82. The van der Waals surface area contributed by atoms with Crippen molar-refractivity contribution in [2.75, 3.05) is 6.61 Å². The zero-order valence-electron chi connectivity index (χ0n) is 12.7. The van der Waals surface area contributed by atoms with Gasteiger partial charge >= 0.3 is 12.1 Å². The Hall–Kier alpha value is -3.16. The molecule has 130 valence electrons. The maximum Gasteiger partial charge on any atom is 0.416 e. The van der Waals surface area contributed by atoms with Crippen LogP contribution in [-0.4, -0.2) is 24.4 Å². The highest BCUT2D eigenvalue weighted by Gasteiger charge is 2.30. The predicted molar refractivity (Wildman–Crippen MR) is 80.6 cm³/mol. The molecule has 0 fully saturated rings. The minimum atomic E-state index is -4.51. The smallest absolute Gasteiger partial charge is 0.416 e. The number of carbonyl (C=O) groups excluding carboxylic acids is 3. The lowest BCUT2D eigenvalue weighted by Crippen LogP contribution is -2.34. The third-order valence-corrected chi connectivity index (χ3v) is 3.07. The van der Waals surface area contributed by atoms with Crippen molar-refractivity contribution in [1.82, 2.24) is 5.32 Å². The summed E-state index contributed by atoms with van der Waals surface area (Å²) in [4.78, 5) is 35.0. The van der Waals surface area contributed by atoms with Crippen LogP contribution in [0.4, 0.5) is 13.2 Å². The van der Waals surface area contributed by atoms with Gasteiger partial charge in [-0.3, -0.25) is 14.9 Å². The first-order valence-electron chi connectivity index (χ1n) is 7.01. The van der Waals surface area contributed by atoms with Crippen molar-refractivity contribution < 1.29 is 32.3 Å². The van der Waals surface area contributed by atoms with Crippen LogP contribution in [0.2, 0.25) is 0 Å². The van der Waals surface area contributed by atoms with Gasteiger partial charge in [-0.25, -0.2) is 4.79 Å². The third-order valence-electron chi connectivity index (χ3n) is 3.07. The van der Waals surface area contributed by atoms with Crippen molar-refractivity contribution in [2.24, 2.45) is 0 Å². The van der Waals surface area contributed by atoms with E-state index in [0.717, 1.165) is 24.3 Å². The molecule has 0 saturated carbocycles. The molecule has 0 aliphatic heterocycles. The quantitative estimate of drug-likeness (QED) is 0.860. The summed E-state index contributed by atoms with van der Waals surface area (Å²) in [7, 11) is 0. The molecule has 0 unspecified atom stereocenters. The van der Waals surface area contributed by atoms with Crippen LogP contribution >= 0.6 is 0 Å². The fraction of sp³-hybridized carbons (Fsp3) is 0.118. The molecular formula is C17H12F3NO4. The number of nitrogens with one attached hydrogen (secondary N) is 1. The second-order valence-electron chi connectivity index (χ2n) is 4.89. The van der Waals surface area contributed by atoms with E-state index >= 15 is 0 Å². The average Bonchev–Trinajstić information content (AvgIpc) is 2.59. The molecule has 5 nitrogen and oxygen atoms in total. The van der Waals surface area contributed by atoms with Crippen LogP contribution in [0.25, 0.3) is 0 Å². The van der Waals surface area contributed by atoms with E-state index in [1.165, 1.54) is 12.1 Å². The minimum absolute atomic E-state index is 0.143. The Bertz CT molecular complexity index is 771. The van der Waals surface area contributed by atoms with E-state index in [2.05, 4.69) is 4.74 Å². The molecule has 0 bridgehead atoms. The molecule has 0 heterocycles. The van der Waals surface area contributed by atoms with Gasteiger partial charge in [0.15, 0.2) is 6.61 Å². The van der Waals surface area contributed by atoms with Crippen LogP contribution in [-0.2, 0) is 15.7 Å². The zero-order chi connectivity index (χ0) is 18.4. The highest BCUT2D eigenvalue weighted by Crippen LogP contribution is 2.29. The summed E-state index contributed by atoms with van der Waals surface area (Å²) in [5.41, 5.74) is -0.796. The fourth-order valence-corrected chi connectivity index (χ4v) is 1.83. The molecule has 0 radical (unpaired) electrons. The molecule has 0 spiro atoms. The maximum absolute atomic E-state index is 12.4. The van der Waals surface area contributed by atoms with Gasteiger partial charge in [-0.15, -0.1) is 0 Å². The normalized spacial score (nSPS) is 10.8. The lowest BCUT2D eigenvalue weighted by atomic mass is 10.1. The van der Waals surface area contributed by atoms with E-state index in [4.69, 9.17) is 0 Å². The molecular weight excluding hydrogens is 339 g/mol. The summed E-state index contributed by atoms with van der Waals surface area (Å²) < 4.78 is 42.0. The van der Waals surface area contributed by atoms with Crippen LogP contribution in [0.3, 0.4) is 0 Å². The Morgan fingerprint density at radius 1 is 0.880 bits per heavy atom. The first kappa shape index (κ1) is 18.2. The Morgan fingerprint density at radius 3 is 2.04 bits per heavy atom. The summed E-state index contributed by atoms with van der Waals surface area (Å²) in [6.45, 7) is -0.738. The topological polar surface area (TPSA) is 72.5 Å². The lowest BCUT2D eigenvalue weighted by Gasteiger charge is -2.08. The first-order chi connectivity index (χ1) is 11.8. The number of amides is 2. The molecule has 0 atom stereocenters. The average molecular weight is 351 g/mol. The molecule has 25 heavy (non-hydrogen) atoms. The summed E-state index contributed by atoms with van der Waals surface area (Å²) >= 11 is 0. The van der Waals surface area contributed by atoms with Crippen molar-refractivity contribution in [1.29, 1.82) is 0 Å². The van der Waals surface area contributed by atoms with Gasteiger partial charge in [0, 0.05) is 5.56 Å². The second kappa shape index (κ2) is 7.61. The molecule has 1 N–H and O–H groups in total. The van der Waals surface area contributed by atoms with Crippen molar-refractivity contribution in [2.45, 2.75) is 6.18 Å². The zero-order valence-corrected chi connectivity index (χ0v) is 12.7. The van der Waals surface area contributed by atoms with E-state index in [1.54, 1.807) is 18.2 Å². The van der Waals surface area contributed by atoms with Gasteiger partial charge in [-0.1, -0.05) is 18.2 Å². The van der Waals surface area contributed by atoms with Gasteiger partial charge in [0.2, 0.25) is 0 Å². The summed E-state index contributed by atoms with van der Waals surface area (Å²) in [5.74, 6) is -2.48. The number of ether oxygens (including phenoxy) is 1. The van der Waals surface area contributed by atoms with Crippen molar-refractivity contribution in [3.63, 3.8) is 0 Å². The molecule has 0 aliphatic rings.